The normalized spacial score (nSPS) is 16.7. The van der Waals surface area contributed by atoms with Crippen LogP contribution in [0.15, 0.2) is 48.5 Å². The number of hydrogen-bond donors (Lipinski definition) is 1. The minimum absolute atomic E-state index is 0.0463. The first kappa shape index (κ1) is 22.0. The molecule has 5 heteroatoms. The summed E-state index contributed by atoms with van der Waals surface area (Å²) in [5.74, 6) is 0.542. The summed E-state index contributed by atoms with van der Waals surface area (Å²) in [4.78, 5) is 28.9. The Kier molecular flexibility index (Phi) is 7.27. The molecule has 0 radical (unpaired) electrons. The van der Waals surface area contributed by atoms with E-state index < -0.39 is 0 Å². The number of rotatable bonds is 7. The van der Waals surface area contributed by atoms with Crippen molar-refractivity contribution in [2.45, 2.75) is 46.1 Å². The molecule has 0 spiro atoms. The molecule has 2 atom stereocenters. The molecule has 160 valence electrons. The second-order valence-electron chi connectivity index (χ2n) is 8.19. The van der Waals surface area contributed by atoms with Gasteiger partial charge in [-0.3, -0.25) is 14.5 Å². The fourth-order valence-corrected chi connectivity index (χ4v) is 3.94. The van der Waals surface area contributed by atoms with Crippen LogP contribution in [0.1, 0.15) is 56.0 Å². The topological polar surface area (TPSA) is 52.7 Å². The minimum atomic E-state index is -0.183. The van der Waals surface area contributed by atoms with E-state index in [-0.39, 0.29) is 17.7 Å². The monoisotopic (exact) mass is 407 g/mol. The predicted octanol–water partition coefficient (Wildman–Crippen LogP) is 4.55. The van der Waals surface area contributed by atoms with Gasteiger partial charge in [0, 0.05) is 43.1 Å². The van der Waals surface area contributed by atoms with Gasteiger partial charge in [0.2, 0.25) is 5.91 Å². The molecular formula is C25H33N3O2. The minimum Gasteiger partial charge on any atom is -0.369 e. The van der Waals surface area contributed by atoms with E-state index in [1.165, 1.54) is 5.56 Å². The second-order valence-corrected chi connectivity index (χ2v) is 8.19. The highest BCUT2D eigenvalue weighted by atomic mass is 16.2. The van der Waals surface area contributed by atoms with Crippen molar-refractivity contribution in [2.24, 2.45) is 0 Å². The summed E-state index contributed by atoms with van der Waals surface area (Å²) in [6.45, 7) is 11.3. The molecule has 1 heterocycles. The number of carbonyl (C=O) groups is 2. The maximum Gasteiger partial charge on any atom is 0.241 e. The van der Waals surface area contributed by atoms with Crippen molar-refractivity contribution < 1.29 is 9.59 Å². The maximum absolute atomic E-state index is 12.9. The molecule has 1 amide bonds. The van der Waals surface area contributed by atoms with E-state index in [2.05, 4.69) is 35.0 Å². The molecule has 1 aliphatic heterocycles. The van der Waals surface area contributed by atoms with Crippen LogP contribution in [0, 0.1) is 0 Å². The third kappa shape index (κ3) is 5.08. The summed E-state index contributed by atoms with van der Waals surface area (Å²) >= 11 is 0. The fraction of sp³-hybridized carbons (Fsp3) is 0.440. The molecule has 0 saturated carbocycles. The molecule has 30 heavy (non-hydrogen) atoms. The van der Waals surface area contributed by atoms with Crippen LogP contribution >= 0.6 is 0 Å². The third-order valence-corrected chi connectivity index (χ3v) is 6.24. The molecule has 0 aliphatic carbocycles. The Balaban J connectivity index is 1.58. The van der Waals surface area contributed by atoms with Gasteiger partial charge in [-0.1, -0.05) is 32.0 Å². The fourth-order valence-electron chi connectivity index (χ4n) is 3.94. The highest BCUT2D eigenvalue weighted by Crippen LogP contribution is 2.27. The number of hydrogen-bond acceptors (Lipinski definition) is 4. The SMILES string of the molecule is CC[C@@H](C)c1ccccc1NC(=O)[C@H](C)N1CCN(c2ccc(C(C)=O)cc2)CC1. The van der Waals surface area contributed by atoms with Crippen molar-refractivity contribution in [3.8, 4) is 0 Å². The van der Waals surface area contributed by atoms with E-state index in [1.807, 2.05) is 49.4 Å². The number of anilines is 2. The molecule has 0 aromatic heterocycles. The van der Waals surface area contributed by atoms with E-state index in [0.717, 1.165) is 49.5 Å². The Bertz CT molecular complexity index is 870. The number of Topliss-reactive ketones (excluding diaryl/α,β-unsaturated/α-hetero) is 1. The first-order valence-corrected chi connectivity index (χ1v) is 10.9. The van der Waals surface area contributed by atoms with Crippen LogP contribution in [-0.2, 0) is 4.79 Å². The Morgan fingerprint density at radius 3 is 2.20 bits per heavy atom. The second kappa shape index (κ2) is 9.90. The molecule has 3 rings (SSSR count). The average Bonchev–Trinajstić information content (AvgIpc) is 2.78. The lowest BCUT2D eigenvalue weighted by molar-refractivity contribution is -0.120. The lowest BCUT2D eigenvalue weighted by Crippen LogP contribution is -2.52. The zero-order valence-corrected chi connectivity index (χ0v) is 18.5. The lowest BCUT2D eigenvalue weighted by atomic mass is 9.97. The number of nitrogens with one attached hydrogen (secondary N) is 1. The van der Waals surface area contributed by atoms with Crippen LogP contribution in [0.2, 0.25) is 0 Å². The maximum atomic E-state index is 12.9. The summed E-state index contributed by atoms with van der Waals surface area (Å²) in [6, 6.07) is 15.7. The third-order valence-electron chi connectivity index (χ3n) is 6.24. The summed E-state index contributed by atoms with van der Waals surface area (Å²) < 4.78 is 0. The molecule has 5 nitrogen and oxygen atoms in total. The number of carbonyl (C=O) groups excluding carboxylic acids is 2. The Labute approximate surface area is 180 Å². The quantitative estimate of drug-likeness (QED) is 0.684. The molecule has 1 fully saturated rings. The molecule has 1 aliphatic rings. The Hall–Kier alpha value is -2.66. The Morgan fingerprint density at radius 2 is 1.60 bits per heavy atom. The van der Waals surface area contributed by atoms with Crippen molar-refractivity contribution in [2.75, 3.05) is 36.4 Å². The number of amides is 1. The average molecular weight is 408 g/mol. The highest BCUT2D eigenvalue weighted by molar-refractivity contribution is 5.95. The molecular weight excluding hydrogens is 374 g/mol. The summed E-state index contributed by atoms with van der Waals surface area (Å²) in [6.07, 6.45) is 1.04. The van der Waals surface area contributed by atoms with Gasteiger partial charge in [-0.05, 0) is 62.1 Å². The highest BCUT2D eigenvalue weighted by Gasteiger charge is 2.26. The van der Waals surface area contributed by atoms with Crippen LogP contribution < -0.4 is 10.2 Å². The largest absolute Gasteiger partial charge is 0.369 e. The molecule has 2 aromatic rings. The number of ketones is 1. The molecule has 0 bridgehead atoms. The van der Waals surface area contributed by atoms with Crippen LogP contribution in [-0.4, -0.2) is 48.8 Å². The summed E-state index contributed by atoms with van der Waals surface area (Å²) in [5, 5.41) is 3.16. The lowest BCUT2D eigenvalue weighted by Gasteiger charge is -2.38. The number of piperazine rings is 1. The van der Waals surface area contributed by atoms with Crippen molar-refractivity contribution in [1.29, 1.82) is 0 Å². The molecule has 1 N–H and O–H groups in total. The van der Waals surface area contributed by atoms with Gasteiger partial charge in [0.25, 0.3) is 0 Å². The zero-order valence-electron chi connectivity index (χ0n) is 18.5. The summed E-state index contributed by atoms with van der Waals surface area (Å²) in [5.41, 5.74) is 3.98. The van der Waals surface area contributed by atoms with Crippen molar-refractivity contribution in [1.82, 2.24) is 4.90 Å². The van der Waals surface area contributed by atoms with Gasteiger partial charge in [-0.2, -0.15) is 0 Å². The van der Waals surface area contributed by atoms with Gasteiger partial charge in [0.1, 0.15) is 0 Å². The van der Waals surface area contributed by atoms with E-state index in [9.17, 15) is 9.59 Å². The standard InChI is InChI=1S/C25H33N3O2/c1-5-18(2)23-8-6-7-9-24(23)26-25(30)19(3)27-14-16-28(17-15-27)22-12-10-21(11-13-22)20(4)29/h6-13,18-19H,5,14-17H2,1-4H3,(H,26,30)/t18-,19+/m1/s1. The van der Waals surface area contributed by atoms with Gasteiger partial charge >= 0.3 is 0 Å². The van der Waals surface area contributed by atoms with Gasteiger partial charge in [0.05, 0.1) is 6.04 Å². The van der Waals surface area contributed by atoms with Crippen LogP contribution in [0.4, 0.5) is 11.4 Å². The molecule has 1 saturated heterocycles. The molecule has 0 unspecified atom stereocenters. The zero-order chi connectivity index (χ0) is 21.7. The van der Waals surface area contributed by atoms with E-state index >= 15 is 0 Å². The van der Waals surface area contributed by atoms with Gasteiger partial charge < -0.3 is 10.2 Å². The molecule has 2 aromatic carbocycles. The number of benzene rings is 2. The van der Waals surface area contributed by atoms with Gasteiger partial charge in [-0.25, -0.2) is 0 Å². The first-order valence-electron chi connectivity index (χ1n) is 10.9. The number of nitrogens with zero attached hydrogens (tertiary/aromatic N) is 2. The van der Waals surface area contributed by atoms with Gasteiger partial charge in [-0.15, -0.1) is 0 Å². The van der Waals surface area contributed by atoms with Crippen molar-refractivity contribution in [3.63, 3.8) is 0 Å². The van der Waals surface area contributed by atoms with E-state index in [0.29, 0.717) is 5.92 Å². The predicted molar refractivity (Wildman–Crippen MR) is 123 cm³/mol. The Morgan fingerprint density at radius 1 is 0.967 bits per heavy atom. The van der Waals surface area contributed by atoms with Crippen molar-refractivity contribution in [3.05, 3.63) is 59.7 Å². The van der Waals surface area contributed by atoms with Crippen molar-refractivity contribution >= 4 is 23.1 Å². The number of para-hydroxylation sites is 1. The van der Waals surface area contributed by atoms with Gasteiger partial charge in [0.15, 0.2) is 5.78 Å². The smallest absolute Gasteiger partial charge is 0.241 e. The first-order chi connectivity index (χ1) is 14.4. The van der Waals surface area contributed by atoms with Crippen LogP contribution in [0.3, 0.4) is 0 Å². The van der Waals surface area contributed by atoms with E-state index in [4.69, 9.17) is 0 Å². The van der Waals surface area contributed by atoms with Crippen LogP contribution in [0.25, 0.3) is 0 Å². The van der Waals surface area contributed by atoms with E-state index in [1.54, 1.807) is 6.92 Å². The summed E-state index contributed by atoms with van der Waals surface area (Å²) in [7, 11) is 0. The van der Waals surface area contributed by atoms with Crippen LogP contribution in [0.5, 0.6) is 0 Å².